The van der Waals surface area contributed by atoms with Crippen LogP contribution in [0.3, 0.4) is 0 Å². The molecule has 1 rings (SSSR count). The monoisotopic (exact) mass is 208 g/mol. The normalized spacial score (nSPS) is 12.8. The van der Waals surface area contributed by atoms with Gasteiger partial charge in [-0.3, -0.25) is 4.98 Å². The zero-order valence-corrected chi connectivity index (χ0v) is 9.73. The minimum atomic E-state index is 0.530. The van der Waals surface area contributed by atoms with Gasteiger partial charge in [0.1, 0.15) is 12.4 Å². The second kappa shape index (κ2) is 6.40. The van der Waals surface area contributed by atoms with E-state index in [1.807, 2.05) is 12.1 Å². The molecule has 1 atom stereocenters. The molecule has 0 aliphatic heterocycles. The lowest BCUT2D eigenvalue weighted by atomic mass is 10.1. The van der Waals surface area contributed by atoms with Gasteiger partial charge in [0.15, 0.2) is 0 Å². The second-order valence-electron chi connectivity index (χ2n) is 4.02. The molecule has 0 amide bonds. The molecule has 1 aromatic rings. The molecule has 0 radical (unpaired) electrons. The summed E-state index contributed by atoms with van der Waals surface area (Å²) in [6.07, 6.45) is 3.47. The number of hydrogen-bond acceptors (Lipinski definition) is 3. The number of hydrogen-bond donors (Lipinski definition) is 1. The van der Waals surface area contributed by atoms with Gasteiger partial charge >= 0.3 is 0 Å². The Kier molecular flexibility index (Phi) is 5.12. The summed E-state index contributed by atoms with van der Waals surface area (Å²) in [5.74, 6) is 1.49. The van der Waals surface area contributed by atoms with E-state index in [0.717, 1.165) is 12.3 Å². The van der Waals surface area contributed by atoms with Gasteiger partial charge in [-0.25, -0.2) is 0 Å². The molecule has 0 saturated carbocycles. The quantitative estimate of drug-likeness (QED) is 0.727. The van der Waals surface area contributed by atoms with Crippen molar-refractivity contribution in [3.05, 3.63) is 24.5 Å². The summed E-state index contributed by atoms with van der Waals surface area (Å²) >= 11 is 0. The van der Waals surface area contributed by atoms with Gasteiger partial charge < -0.3 is 10.1 Å². The van der Waals surface area contributed by atoms with Gasteiger partial charge in [-0.2, -0.15) is 0 Å². The fourth-order valence-corrected chi connectivity index (χ4v) is 1.12. The average Bonchev–Trinajstić information content (AvgIpc) is 2.25. The molecular formula is C12H20N2O. The SMILES string of the molecule is CC(C)C(C)NCCOc1cccnc1. The first-order valence-electron chi connectivity index (χ1n) is 5.46. The van der Waals surface area contributed by atoms with Gasteiger partial charge in [-0.15, -0.1) is 0 Å². The van der Waals surface area contributed by atoms with Gasteiger partial charge in [0.25, 0.3) is 0 Å². The summed E-state index contributed by atoms with van der Waals surface area (Å²) in [6, 6.07) is 4.32. The van der Waals surface area contributed by atoms with Crippen molar-refractivity contribution in [3.63, 3.8) is 0 Å². The molecule has 0 bridgehead atoms. The Morgan fingerprint density at radius 1 is 1.40 bits per heavy atom. The Bertz CT molecular complexity index is 262. The Labute approximate surface area is 91.9 Å². The molecule has 0 spiro atoms. The topological polar surface area (TPSA) is 34.1 Å². The van der Waals surface area contributed by atoms with Crippen LogP contribution in [0.25, 0.3) is 0 Å². The molecule has 84 valence electrons. The molecule has 15 heavy (non-hydrogen) atoms. The van der Waals surface area contributed by atoms with Crippen LogP contribution in [-0.2, 0) is 0 Å². The van der Waals surface area contributed by atoms with Gasteiger partial charge in [0.05, 0.1) is 6.20 Å². The largest absolute Gasteiger partial charge is 0.491 e. The van der Waals surface area contributed by atoms with E-state index < -0.39 is 0 Å². The first-order valence-corrected chi connectivity index (χ1v) is 5.46. The number of ether oxygens (including phenoxy) is 1. The highest BCUT2D eigenvalue weighted by Crippen LogP contribution is 2.05. The average molecular weight is 208 g/mol. The maximum atomic E-state index is 5.51. The fraction of sp³-hybridized carbons (Fsp3) is 0.583. The van der Waals surface area contributed by atoms with E-state index in [1.54, 1.807) is 12.4 Å². The van der Waals surface area contributed by atoms with Crippen LogP contribution >= 0.6 is 0 Å². The Morgan fingerprint density at radius 2 is 2.20 bits per heavy atom. The van der Waals surface area contributed by atoms with Crippen molar-refractivity contribution in [1.82, 2.24) is 10.3 Å². The maximum Gasteiger partial charge on any atom is 0.137 e. The van der Waals surface area contributed by atoms with E-state index in [0.29, 0.717) is 18.6 Å². The molecule has 1 N–H and O–H groups in total. The molecule has 1 unspecified atom stereocenters. The van der Waals surface area contributed by atoms with Crippen LogP contribution in [0.2, 0.25) is 0 Å². The number of rotatable bonds is 6. The van der Waals surface area contributed by atoms with Crippen LogP contribution in [0.1, 0.15) is 20.8 Å². The molecule has 3 nitrogen and oxygen atoms in total. The van der Waals surface area contributed by atoms with Crippen molar-refractivity contribution in [2.24, 2.45) is 5.92 Å². The molecule has 0 aliphatic rings. The van der Waals surface area contributed by atoms with Crippen molar-refractivity contribution >= 4 is 0 Å². The van der Waals surface area contributed by atoms with E-state index >= 15 is 0 Å². The molecule has 0 aromatic carbocycles. The zero-order chi connectivity index (χ0) is 11.1. The number of pyridine rings is 1. The predicted molar refractivity (Wildman–Crippen MR) is 62.0 cm³/mol. The summed E-state index contributed by atoms with van der Waals surface area (Å²) < 4.78 is 5.51. The van der Waals surface area contributed by atoms with Crippen LogP contribution in [0.4, 0.5) is 0 Å². The lowest BCUT2D eigenvalue weighted by Gasteiger charge is -2.17. The third kappa shape index (κ3) is 4.79. The lowest BCUT2D eigenvalue weighted by molar-refractivity contribution is 0.296. The van der Waals surface area contributed by atoms with Gasteiger partial charge in [0, 0.05) is 18.8 Å². The van der Waals surface area contributed by atoms with Crippen LogP contribution in [0.5, 0.6) is 5.75 Å². The summed E-state index contributed by atoms with van der Waals surface area (Å²) in [5.41, 5.74) is 0. The highest BCUT2D eigenvalue weighted by atomic mass is 16.5. The molecule has 0 aliphatic carbocycles. The molecule has 1 aromatic heterocycles. The molecule has 0 saturated heterocycles. The fourth-order valence-electron chi connectivity index (χ4n) is 1.12. The second-order valence-corrected chi connectivity index (χ2v) is 4.02. The van der Waals surface area contributed by atoms with Crippen molar-refractivity contribution in [2.45, 2.75) is 26.8 Å². The van der Waals surface area contributed by atoms with E-state index in [4.69, 9.17) is 4.74 Å². The van der Waals surface area contributed by atoms with Crippen LogP contribution in [-0.4, -0.2) is 24.2 Å². The number of nitrogens with zero attached hydrogens (tertiary/aromatic N) is 1. The number of nitrogens with one attached hydrogen (secondary N) is 1. The zero-order valence-electron chi connectivity index (χ0n) is 9.73. The predicted octanol–water partition coefficient (Wildman–Crippen LogP) is 2.09. The number of aromatic nitrogens is 1. The summed E-state index contributed by atoms with van der Waals surface area (Å²) in [6.45, 7) is 8.16. The summed E-state index contributed by atoms with van der Waals surface area (Å²) in [7, 11) is 0. The first-order chi connectivity index (χ1) is 7.20. The maximum absolute atomic E-state index is 5.51. The Hall–Kier alpha value is -1.09. The van der Waals surface area contributed by atoms with E-state index in [-0.39, 0.29) is 0 Å². The van der Waals surface area contributed by atoms with Crippen LogP contribution in [0.15, 0.2) is 24.5 Å². The highest BCUT2D eigenvalue weighted by molar-refractivity contribution is 5.15. The third-order valence-electron chi connectivity index (χ3n) is 2.47. The van der Waals surface area contributed by atoms with Gasteiger partial charge in [-0.05, 0) is 25.0 Å². The van der Waals surface area contributed by atoms with Crippen molar-refractivity contribution < 1.29 is 4.74 Å². The molecular weight excluding hydrogens is 188 g/mol. The third-order valence-corrected chi connectivity index (χ3v) is 2.47. The molecule has 1 heterocycles. The molecule has 3 heteroatoms. The van der Waals surface area contributed by atoms with E-state index in [9.17, 15) is 0 Å². The van der Waals surface area contributed by atoms with Crippen molar-refractivity contribution in [2.75, 3.05) is 13.2 Å². The summed E-state index contributed by atoms with van der Waals surface area (Å²) in [4.78, 5) is 3.98. The highest BCUT2D eigenvalue weighted by Gasteiger charge is 2.04. The van der Waals surface area contributed by atoms with Gasteiger partial charge in [-0.1, -0.05) is 13.8 Å². The standard InChI is InChI=1S/C12H20N2O/c1-10(2)11(3)14-7-8-15-12-5-4-6-13-9-12/h4-6,9-11,14H,7-8H2,1-3H3. The smallest absolute Gasteiger partial charge is 0.137 e. The van der Waals surface area contributed by atoms with Gasteiger partial charge in [0.2, 0.25) is 0 Å². The summed E-state index contributed by atoms with van der Waals surface area (Å²) in [5, 5.41) is 3.41. The van der Waals surface area contributed by atoms with Crippen LogP contribution in [0, 0.1) is 5.92 Å². The Morgan fingerprint density at radius 3 is 2.80 bits per heavy atom. The Balaban J connectivity index is 2.12. The van der Waals surface area contributed by atoms with Crippen molar-refractivity contribution in [1.29, 1.82) is 0 Å². The lowest BCUT2D eigenvalue weighted by Crippen LogP contribution is -2.33. The van der Waals surface area contributed by atoms with Crippen molar-refractivity contribution in [3.8, 4) is 5.75 Å². The molecule has 0 fully saturated rings. The minimum Gasteiger partial charge on any atom is -0.491 e. The van der Waals surface area contributed by atoms with Crippen LogP contribution < -0.4 is 10.1 Å². The first kappa shape index (κ1) is 12.0. The minimum absolute atomic E-state index is 0.530. The van der Waals surface area contributed by atoms with E-state index in [2.05, 4.69) is 31.1 Å². The van der Waals surface area contributed by atoms with E-state index in [1.165, 1.54) is 0 Å².